The Morgan fingerprint density at radius 1 is 0.913 bits per heavy atom. The van der Waals surface area contributed by atoms with Gasteiger partial charge in [-0.3, -0.25) is 9.69 Å². The normalized spacial score (nSPS) is 46.5. The number of hydrogen-bond acceptors (Lipinski definition) is 3. The molecule has 0 aromatic carbocycles. The maximum atomic E-state index is 12.6. The number of carbonyl (C=O) groups is 1. The zero-order valence-electron chi connectivity index (χ0n) is 14.2. The smallest absolute Gasteiger partial charge is 0.228 e. The molecule has 0 N–H and O–H groups in total. The summed E-state index contributed by atoms with van der Waals surface area (Å²) in [5.74, 6) is 3.53. The standard InChI is InChI=1S/C19H30N2O2/c22-18(17-1-6-23-13-17)20-2-4-21(5-3-20)19-10-14-7-15(11-19)9-16(8-14)12-19/h14-17H,1-13H2/t14?,15?,16?,17-,19?/m1/s1. The van der Waals surface area contributed by atoms with Crippen LogP contribution in [0.25, 0.3) is 0 Å². The summed E-state index contributed by atoms with van der Waals surface area (Å²) in [5.41, 5.74) is 0.514. The van der Waals surface area contributed by atoms with Crippen LogP contribution in [0.2, 0.25) is 0 Å². The van der Waals surface area contributed by atoms with Crippen molar-refractivity contribution in [3.63, 3.8) is 0 Å². The summed E-state index contributed by atoms with van der Waals surface area (Å²) in [7, 11) is 0. The summed E-state index contributed by atoms with van der Waals surface area (Å²) in [6.45, 7) is 5.50. The predicted octanol–water partition coefficient (Wildman–Crippen LogP) is 2.14. The summed E-state index contributed by atoms with van der Waals surface area (Å²) < 4.78 is 5.40. The van der Waals surface area contributed by atoms with Gasteiger partial charge < -0.3 is 9.64 Å². The van der Waals surface area contributed by atoms with E-state index in [-0.39, 0.29) is 5.92 Å². The molecule has 4 heteroatoms. The molecule has 0 radical (unpaired) electrons. The molecule has 4 aliphatic carbocycles. The van der Waals surface area contributed by atoms with Gasteiger partial charge in [0.25, 0.3) is 0 Å². The van der Waals surface area contributed by atoms with Crippen molar-refractivity contribution in [2.24, 2.45) is 23.7 Å². The molecule has 2 aliphatic heterocycles. The van der Waals surface area contributed by atoms with Crippen molar-refractivity contribution in [2.45, 2.75) is 50.5 Å². The van der Waals surface area contributed by atoms with Crippen LogP contribution in [-0.4, -0.2) is 60.6 Å². The molecule has 2 saturated heterocycles. The Balaban J connectivity index is 1.24. The SMILES string of the molecule is O=C([C@@H]1CCOC1)N1CCN(C23CC4CC(CC(C4)C2)C3)CC1. The lowest BCUT2D eigenvalue weighted by Gasteiger charge is -2.61. The minimum absolute atomic E-state index is 0.140. The first-order valence-electron chi connectivity index (χ1n) is 9.83. The van der Waals surface area contributed by atoms with Crippen molar-refractivity contribution in [3.8, 4) is 0 Å². The average Bonchev–Trinajstić information content (AvgIpc) is 3.07. The summed E-state index contributed by atoms with van der Waals surface area (Å²) in [6, 6.07) is 0. The second-order valence-electron chi connectivity index (χ2n) is 9.01. The van der Waals surface area contributed by atoms with E-state index in [2.05, 4.69) is 9.80 Å². The van der Waals surface area contributed by atoms with Gasteiger partial charge in [-0.1, -0.05) is 0 Å². The zero-order valence-corrected chi connectivity index (χ0v) is 14.2. The molecule has 128 valence electrons. The largest absolute Gasteiger partial charge is 0.381 e. The van der Waals surface area contributed by atoms with Crippen molar-refractivity contribution in [2.75, 3.05) is 39.4 Å². The molecule has 0 aromatic heterocycles. The van der Waals surface area contributed by atoms with E-state index in [1.54, 1.807) is 0 Å². The first kappa shape index (κ1) is 14.7. The monoisotopic (exact) mass is 318 g/mol. The Hall–Kier alpha value is -0.610. The van der Waals surface area contributed by atoms with Gasteiger partial charge in [0.1, 0.15) is 0 Å². The van der Waals surface area contributed by atoms with Crippen molar-refractivity contribution in [3.05, 3.63) is 0 Å². The van der Waals surface area contributed by atoms with Crippen LogP contribution in [0, 0.1) is 23.7 Å². The molecule has 0 spiro atoms. The molecule has 0 aromatic rings. The summed E-state index contributed by atoms with van der Waals surface area (Å²) >= 11 is 0. The Kier molecular flexibility index (Phi) is 3.49. The summed E-state index contributed by atoms with van der Waals surface area (Å²) in [4.78, 5) is 17.5. The third-order valence-corrected chi connectivity index (χ3v) is 7.55. The Morgan fingerprint density at radius 2 is 1.52 bits per heavy atom. The Morgan fingerprint density at radius 3 is 2.04 bits per heavy atom. The van der Waals surface area contributed by atoms with Crippen molar-refractivity contribution >= 4 is 5.91 Å². The number of amides is 1. The lowest BCUT2D eigenvalue weighted by atomic mass is 9.52. The molecule has 1 atom stereocenters. The van der Waals surface area contributed by atoms with E-state index < -0.39 is 0 Å². The van der Waals surface area contributed by atoms with Crippen LogP contribution in [0.15, 0.2) is 0 Å². The van der Waals surface area contributed by atoms with E-state index in [4.69, 9.17) is 4.74 Å². The molecule has 6 fully saturated rings. The molecule has 4 bridgehead atoms. The molecule has 1 amide bonds. The molecule has 2 heterocycles. The highest BCUT2D eigenvalue weighted by molar-refractivity contribution is 5.79. The zero-order chi connectivity index (χ0) is 15.4. The minimum Gasteiger partial charge on any atom is -0.381 e. The lowest BCUT2D eigenvalue weighted by molar-refractivity contribution is -0.142. The van der Waals surface area contributed by atoms with Gasteiger partial charge in [0, 0.05) is 38.3 Å². The molecule has 23 heavy (non-hydrogen) atoms. The molecule has 4 nitrogen and oxygen atoms in total. The third kappa shape index (κ3) is 2.44. The predicted molar refractivity (Wildman–Crippen MR) is 88.0 cm³/mol. The second-order valence-corrected chi connectivity index (χ2v) is 9.01. The molecule has 0 unspecified atom stereocenters. The van der Waals surface area contributed by atoms with Crippen molar-refractivity contribution in [1.82, 2.24) is 9.80 Å². The van der Waals surface area contributed by atoms with E-state index in [1.807, 2.05) is 0 Å². The fourth-order valence-corrected chi connectivity index (χ4v) is 6.84. The highest BCUT2D eigenvalue weighted by Gasteiger charge is 2.53. The summed E-state index contributed by atoms with van der Waals surface area (Å²) in [5, 5.41) is 0. The fourth-order valence-electron chi connectivity index (χ4n) is 6.84. The van der Waals surface area contributed by atoms with Gasteiger partial charge in [-0.2, -0.15) is 0 Å². The molecular formula is C19H30N2O2. The van der Waals surface area contributed by atoms with E-state index in [1.165, 1.54) is 38.5 Å². The molecule has 4 saturated carbocycles. The van der Waals surface area contributed by atoms with Gasteiger partial charge in [0.15, 0.2) is 0 Å². The molecule has 6 aliphatic rings. The molecule has 6 rings (SSSR count). The number of hydrogen-bond donors (Lipinski definition) is 0. The van der Waals surface area contributed by atoms with Crippen LogP contribution in [0.4, 0.5) is 0 Å². The summed E-state index contributed by atoms with van der Waals surface area (Å²) in [6.07, 6.45) is 9.81. The van der Waals surface area contributed by atoms with Gasteiger partial charge in [0.2, 0.25) is 5.91 Å². The average molecular weight is 318 g/mol. The van der Waals surface area contributed by atoms with Crippen molar-refractivity contribution < 1.29 is 9.53 Å². The van der Waals surface area contributed by atoms with Gasteiger partial charge in [-0.15, -0.1) is 0 Å². The first-order valence-corrected chi connectivity index (χ1v) is 9.83. The number of piperazine rings is 1. The van der Waals surface area contributed by atoms with Gasteiger partial charge in [-0.05, 0) is 62.7 Å². The van der Waals surface area contributed by atoms with Crippen LogP contribution in [0.5, 0.6) is 0 Å². The van der Waals surface area contributed by atoms with Crippen LogP contribution >= 0.6 is 0 Å². The fraction of sp³-hybridized carbons (Fsp3) is 0.947. The topological polar surface area (TPSA) is 32.8 Å². The van der Waals surface area contributed by atoms with E-state index in [9.17, 15) is 4.79 Å². The van der Waals surface area contributed by atoms with E-state index >= 15 is 0 Å². The second kappa shape index (κ2) is 5.45. The Bertz CT molecular complexity index is 442. The van der Waals surface area contributed by atoms with Crippen LogP contribution < -0.4 is 0 Å². The third-order valence-electron chi connectivity index (χ3n) is 7.55. The van der Waals surface area contributed by atoms with E-state index in [0.717, 1.165) is 57.0 Å². The van der Waals surface area contributed by atoms with Gasteiger partial charge in [-0.25, -0.2) is 0 Å². The first-order chi connectivity index (χ1) is 11.2. The highest BCUT2D eigenvalue weighted by Crippen LogP contribution is 2.57. The number of carbonyl (C=O) groups excluding carboxylic acids is 1. The van der Waals surface area contributed by atoms with Crippen molar-refractivity contribution in [1.29, 1.82) is 0 Å². The van der Waals surface area contributed by atoms with Crippen LogP contribution in [-0.2, 0) is 9.53 Å². The molecular weight excluding hydrogens is 288 g/mol. The number of nitrogens with zero attached hydrogens (tertiary/aromatic N) is 2. The maximum absolute atomic E-state index is 12.6. The maximum Gasteiger partial charge on any atom is 0.228 e. The Labute approximate surface area is 139 Å². The number of ether oxygens (including phenoxy) is 1. The quantitative estimate of drug-likeness (QED) is 0.782. The number of rotatable bonds is 2. The van der Waals surface area contributed by atoms with Gasteiger partial charge in [0.05, 0.1) is 12.5 Å². The van der Waals surface area contributed by atoms with Crippen LogP contribution in [0.3, 0.4) is 0 Å². The lowest BCUT2D eigenvalue weighted by Crippen LogP contribution is -2.64. The van der Waals surface area contributed by atoms with Gasteiger partial charge >= 0.3 is 0 Å². The van der Waals surface area contributed by atoms with Crippen LogP contribution in [0.1, 0.15) is 44.9 Å². The van der Waals surface area contributed by atoms with E-state index in [0.29, 0.717) is 18.1 Å². The highest BCUT2D eigenvalue weighted by atomic mass is 16.5. The minimum atomic E-state index is 0.140.